The number of carbonyl (C=O) groups excluding carboxylic acids is 2. The summed E-state index contributed by atoms with van der Waals surface area (Å²) in [5.74, 6) is 0.328. The van der Waals surface area contributed by atoms with Crippen LogP contribution in [0, 0.1) is 13.8 Å². The highest BCUT2D eigenvalue weighted by Crippen LogP contribution is 2.16. The fourth-order valence-corrected chi connectivity index (χ4v) is 2.77. The lowest BCUT2D eigenvalue weighted by molar-refractivity contribution is -0.135. The Bertz CT molecular complexity index is 836. The minimum Gasteiger partial charge on any atom is -0.366 e. The van der Waals surface area contributed by atoms with Gasteiger partial charge in [0.15, 0.2) is 0 Å². The third-order valence-electron chi connectivity index (χ3n) is 3.98. The van der Waals surface area contributed by atoms with Crippen LogP contribution in [0.3, 0.4) is 0 Å². The molecule has 0 atom stereocenters. The van der Waals surface area contributed by atoms with Gasteiger partial charge in [-0.1, -0.05) is 0 Å². The molecule has 0 aromatic carbocycles. The highest BCUT2D eigenvalue weighted by molar-refractivity contribution is 5.85. The van der Waals surface area contributed by atoms with Gasteiger partial charge in [-0.2, -0.15) is 9.50 Å². The molecule has 2 amide bonds. The average Bonchev–Trinajstić information content (AvgIpc) is 2.85. The number of aromatic nitrogens is 4. The Morgan fingerprint density at radius 2 is 1.88 bits per heavy atom. The van der Waals surface area contributed by atoms with Gasteiger partial charge in [0, 0.05) is 30.4 Å². The van der Waals surface area contributed by atoms with E-state index in [1.165, 1.54) is 4.90 Å². The van der Waals surface area contributed by atoms with Crippen molar-refractivity contribution in [3.63, 3.8) is 0 Å². The molecule has 0 bridgehead atoms. The van der Waals surface area contributed by atoms with E-state index in [1.54, 1.807) is 11.6 Å². The lowest BCUT2D eigenvalue weighted by Crippen LogP contribution is -2.46. The number of hydrogen-bond donors (Lipinski definition) is 2. The molecule has 0 aliphatic rings. The largest absolute Gasteiger partial charge is 0.366 e. The van der Waals surface area contributed by atoms with Gasteiger partial charge in [-0.15, -0.1) is 5.10 Å². The summed E-state index contributed by atoms with van der Waals surface area (Å²) in [7, 11) is 1.63. The molecule has 0 fully saturated rings. The second-order valence-electron chi connectivity index (χ2n) is 7.49. The smallest absolute Gasteiger partial charge is 0.254 e. The number of nitrogens with one attached hydrogen (secondary N) is 1. The van der Waals surface area contributed by atoms with Crippen LogP contribution < -0.4 is 11.1 Å². The Hall–Kier alpha value is -2.71. The van der Waals surface area contributed by atoms with Crippen molar-refractivity contribution in [3.05, 3.63) is 17.0 Å². The summed E-state index contributed by atoms with van der Waals surface area (Å²) < 4.78 is 1.59. The van der Waals surface area contributed by atoms with E-state index in [-0.39, 0.29) is 36.3 Å². The summed E-state index contributed by atoms with van der Waals surface area (Å²) in [6.07, 6.45) is 0.781. The fraction of sp³-hybridized carbons (Fsp3) is 0.588. The molecule has 0 radical (unpaired) electrons. The number of likely N-dealkylation sites (N-methyl/N-ethyl adjacent to an activating group) is 1. The van der Waals surface area contributed by atoms with Crippen LogP contribution in [0.4, 0.5) is 5.95 Å². The van der Waals surface area contributed by atoms with Crippen LogP contribution in [0.15, 0.2) is 0 Å². The van der Waals surface area contributed by atoms with E-state index in [9.17, 15) is 9.59 Å². The van der Waals surface area contributed by atoms with E-state index in [0.29, 0.717) is 12.2 Å². The molecule has 2 rings (SSSR count). The zero-order valence-electron chi connectivity index (χ0n) is 16.3. The van der Waals surface area contributed by atoms with Crippen molar-refractivity contribution in [1.29, 1.82) is 0 Å². The van der Waals surface area contributed by atoms with Gasteiger partial charge in [-0.3, -0.25) is 9.59 Å². The molecule has 0 aliphatic heterocycles. The Morgan fingerprint density at radius 1 is 1.23 bits per heavy atom. The number of nitrogen functional groups attached to an aromatic ring is 1. The summed E-state index contributed by atoms with van der Waals surface area (Å²) in [5.41, 5.74) is 7.89. The number of hydrogen-bond acceptors (Lipinski definition) is 6. The van der Waals surface area contributed by atoms with Gasteiger partial charge >= 0.3 is 0 Å². The summed E-state index contributed by atoms with van der Waals surface area (Å²) >= 11 is 0. The highest BCUT2D eigenvalue weighted by atomic mass is 16.2. The van der Waals surface area contributed by atoms with Gasteiger partial charge in [0.05, 0.1) is 6.54 Å². The number of aryl methyl sites for hydroxylation is 2. The van der Waals surface area contributed by atoms with Crippen LogP contribution >= 0.6 is 0 Å². The predicted octanol–water partition coefficient (Wildman–Crippen LogP) is 0.629. The molecule has 3 N–H and O–H groups in total. The lowest BCUT2D eigenvalue weighted by Gasteiger charge is -2.23. The van der Waals surface area contributed by atoms with Gasteiger partial charge in [0.1, 0.15) is 0 Å². The zero-order chi connectivity index (χ0) is 19.6. The first-order chi connectivity index (χ1) is 12.0. The Morgan fingerprint density at radius 3 is 2.50 bits per heavy atom. The van der Waals surface area contributed by atoms with Crippen molar-refractivity contribution >= 4 is 23.5 Å². The number of amides is 2. The molecule has 9 nitrogen and oxygen atoms in total. The van der Waals surface area contributed by atoms with Gasteiger partial charge < -0.3 is 16.0 Å². The molecule has 142 valence electrons. The van der Waals surface area contributed by atoms with Crippen molar-refractivity contribution in [2.24, 2.45) is 0 Å². The van der Waals surface area contributed by atoms with Gasteiger partial charge in [-0.25, -0.2) is 4.98 Å². The predicted molar refractivity (Wildman–Crippen MR) is 98.5 cm³/mol. The van der Waals surface area contributed by atoms with E-state index in [0.717, 1.165) is 17.0 Å². The molecule has 0 unspecified atom stereocenters. The van der Waals surface area contributed by atoms with Crippen molar-refractivity contribution < 1.29 is 9.59 Å². The Balaban J connectivity index is 2.03. The normalized spacial score (nSPS) is 11.6. The molecule has 0 saturated heterocycles. The Kier molecular flexibility index (Phi) is 5.48. The second kappa shape index (κ2) is 7.27. The summed E-state index contributed by atoms with van der Waals surface area (Å²) in [6.45, 7) is 9.51. The van der Waals surface area contributed by atoms with Gasteiger partial charge in [-0.05, 0) is 46.6 Å². The number of nitrogens with zero attached hydrogens (tertiary/aromatic N) is 5. The third kappa shape index (κ3) is 4.68. The Labute approximate surface area is 153 Å². The molecular weight excluding hydrogens is 334 g/mol. The van der Waals surface area contributed by atoms with Crippen LogP contribution in [-0.4, -0.2) is 55.4 Å². The van der Waals surface area contributed by atoms with Gasteiger partial charge in [0.2, 0.25) is 17.8 Å². The fourth-order valence-electron chi connectivity index (χ4n) is 2.77. The molecule has 0 spiro atoms. The number of carbonyl (C=O) groups is 2. The first-order valence-corrected chi connectivity index (χ1v) is 8.51. The van der Waals surface area contributed by atoms with Crippen molar-refractivity contribution in [2.45, 2.75) is 53.0 Å². The molecule has 26 heavy (non-hydrogen) atoms. The van der Waals surface area contributed by atoms with E-state index in [1.807, 2.05) is 34.6 Å². The van der Waals surface area contributed by atoms with Gasteiger partial charge in [0.25, 0.3) is 5.78 Å². The molecule has 0 saturated carbocycles. The number of anilines is 1. The van der Waals surface area contributed by atoms with Crippen LogP contribution in [0.1, 0.15) is 44.1 Å². The molecule has 0 aliphatic carbocycles. The van der Waals surface area contributed by atoms with Crippen molar-refractivity contribution in [1.82, 2.24) is 29.8 Å². The molecular formula is C17H27N7O2. The summed E-state index contributed by atoms with van der Waals surface area (Å²) in [4.78, 5) is 34.2. The van der Waals surface area contributed by atoms with Crippen LogP contribution in [0.5, 0.6) is 0 Å². The van der Waals surface area contributed by atoms with Crippen LogP contribution in [0.2, 0.25) is 0 Å². The maximum Gasteiger partial charge on any atom is 0.254 e. The quantitative estimate of drug-likeness (QED) is 0.806. The van der Waals surface area contributed by atoms with Crippen LogP contribution in [-0.2, 0) is 16.0 Å². The number of fused-ring (bicyclic) bond motifs is 1. The molecule has 2 aromatic heterocycles. The first-order valence-electron chi connectivity index (χ1n) is 8.51. The summed E-state index contributed by atoms with van der Waals surface area (Å²) in [5, 5.41) is 6.97. The van der Waals surface area contributed by atoms with E-state index in [2.05, 4.69) is 20.4 Å². The topological polar surface area (TPSA) is 119 Å². The summed E-state index contributed by atoms with van der Waals surface area (Å²) in [6, 6.07) is 0. The lowest BCUT2D eigenvalue weighted by atomic mass is 10.1. The molecule has 9 heteroatoms. The minimum absolute atomic E-state index is 0.0327. The minimum atomic E-state index is -0.323. The maximum atomic E-state index is 12.4. The van der Waals surface area contributed by atoms with E-state index < -0.39 is 0 Å². The molecule has 2 aromatic rings. The van der Waals surface area contributed by atoms with Crippen LogP contribution in [0.25, 0.3) is 5.78 Å². The third-order valence-corrected chi connectivity index (χ3v) is 3.98. The van der Waals surface area contributed by atoms with E-state index >= 15 is 0 Å². The monoisotopic (exact) mass is 361 g/mol. The molecule has 2 heterocycles. The van der Waals surface area contributed by atoms with Crippen molar-refractivity contribution in [3.8, 4) is 0 Å². The second-order valence-corrected chi connectivity index (χ2v) is 7.49. The highest BCUT2D eigenvalue weighted by Gasteiger charge is 2.19. The maximum absolute atomic E-state index is 12.4. The standard InChI is InChI=1S/C17H27N7O2/c1-10-12(11(2)24-16(19-10)20-15(18)22-24)7-8-14(26)23(6)9-13(25)21-17(3,4)5/h7-9H2,1-6H3,(H2,18,22)(H,21,25). The first kappa shape index (κ1) is 19.6. The SMILES string of the molecule is Cc1nc2nc(N)nn2c(C)c1CCC(=O)N(C)CC(=O)NC(C)(C)C. The van der Waals surface area contributed by atoms with E-state index in [4.69, 9.17) is 5.73 Å². The number of nitrogens with two attached hydrogens (primary N) is 1. The zero-order valence-corrected chi connectivity index (χ0v) is 16.3. The van der Waals surface area contributed by atoms with Crippen molar-refractivity contribution in [2.75, 3.05) is 19.3 Å². The number of rotatable bonds is 5. The average molecular weight is 361 g/mol.